The second-order valence-corrected chi connectivity index (χ2v) is 11.8. The van der Waals surface area contributed by atoms with Crippen molar-refractivity contribution >= 4 is 16.7 Å². The summed E-state index contributed by atoms with van der Waals surface area (Å²) in [6, 6.07) is 19.7. The van der Waals surface area contributed by atoms with Gasteiger partial charge in [0.05, 0.1) is 6.57 Å². The Morgan fingerprint density at radius 3 is 2.11 bits per heavy atom. The zero-order chi connectivity index (χ0) is 25.6. The standard InChI is InChI=1S/C30H34N4O/c1-28(2,3)19-29(4,5)21-16-23(30(6,7)20-12-10-9-11-13-20)27(35)26(17-21)34-32-24-15-14-22(31-8)18-25(24)33-34/h9-18,35H,19H2,1-7H3. The summed E-state index contributed by atoms with van der Waals surface area (Å²) in [5.41, 5.74) is 4.98. The van der Waals surface area contributed by atoms with Crippen LogP contribution in [0.2, 0.25) is 0 Å². The Balaban J connectivity index is 1.97. The normalized spacial score (nSPS) is 12.6. The molecule has 5 nitrogen and oxygen atoms in total. The van der Waals surface area contributed by atoms with Crippen molar-refractivity contribution in [2.24, 2.45) is 5.41 Å². The van der Waals surface area contributed by atoms with Gasteiger partial charge in [0.1, 0.15) is 22.5 Å². The quantitative estimate of drug-likeness (QED) is 0.306. The molecule has 0 fully saturated rings. The lowest BCUT2D eigenvalue weighted by Gasteiger charge is -2.35. The van der Waals surface area contributed by atoms with Crippen LogP contribution in [0.5, 0.6) is 5.75 Å². The summed E-state index contributed by atoms with van der Waals surface area (Å²) in [6.45, 7) is 22.8. The maximum absolute atomic E-state index is 11.6. The average molecular weight is 467 g/mol. The van der Waals surface area contributed by atoms with E-state index in [2.05, 4.69) is 81.7 Å². The first-order valence-electron chi connectivity index (χ1n) is 12.0. The van der Waals surface area contributed by atoms with E-state index in [0.29, 0.717) is 22.4 Å². The van der Waals surface area contributed by atoms with E-state index in [0.717, 1.165) is 23.1 Å². The minimum absolute atomic E-state index is 0.130. The predicted octanol–water partition coefficient (Wildman–Crippen LogP) is 7.72. The van der Waals surface area contributed by atoms with Crippen molar-refractivity contribution in [2.45, 2.75) is 65.7 Å². The number of aromatic hydroxyl groups is 1. The Morgan fingerprint density at radius 2 is 1.49 bits per heavy atom. The number of hydrogen-bond acceptors (Lipinski definition) is 3. The molecular weight excluding hydrogens is 432 g/mol. The minimum atomic E-state index is -0.447. The van der Waals surface area contributed by atoms with Gasteiger partial charge >= 0.3 is 0 Å². The fourth-order valence-electron chi connectivity index (χ4n) is 5.16. The van der Waals surface area contributed by atoms with Crippen LogP contribution in [0, 0.1) is 12.0 Å². The third kappa shape index (κ3) is 4.79. The monoisotopic (exact) mass is 466 g/mol. The lowest BCUT2D eigenvalue weighted by atomic mass is 9.70. The summed E-state index contributed by atoms with van der Waals surface area (Å²) >= 11 is 0. The summed E-state index contributed by atoms with van der Waals surface area (Å²) < 4.78 is 0. The molecule has 3 aromatic carbocycles. The highest BCUT2D eigenvalue weighted by Gasteiger charge is 2.33. The van der Waals surface area contributed by atoms with E-state index < -0.39 is 5.41 Å². The fourth-order valence-corrected chi connectivity index (χ4v) is 5.16. The Hall–Kier alpha value is -3.65. The molecule has 4 rings (SSSR count). The number of rotatable bonds is 5. The molecule has 0 saturated carbocycles. The molecule has 4 aromatic rings. The zero-order valence-corrected chi connectivity index (χ0v) is 21.7. The maximum Gasteiger partial charge on any atom is 0.189 e. The molecule has 1 N–H and O–H groups in total. The highest BCUT2D eigenvalue weighted by atomic mass is 16.3. The summed E-state index contributed by atoms with van der Waals surface area (Å²) in [5, 5.41) is 20.9. The SMILES string of the molecule is [C-]#[N+]c1ccc2nn(-c3cc(C(C)(C)CC(C)(C)C)cc(C(C)(C)c4ccccc4)c3O)nc2c1. The van der Waals surface area contributed by atoms with Gasteiger partial charge in [-0.1, -0.05) is 90.9 Å². The van der Waals surface area contributed by atoms with Crippen LogP contribution in [-0.2, 0) is 10.8 Å². The molecule has 0 unspecified atom stereocenters. The second-order valence-electron chi connectivity index (χ2n) is 11.8. The summed E-state index contributed by atoms with van der Waals surface area (Å²) in [6.07, 6.45) is 0.971. The smallest absolute Gasteiger partial charge is 0.189 e. The molecule has 0 aliphatic carbocycles. The second kappa shape index (κ2) is 8.53. The molecule has 0 radical (unpaired) electrons. The lowest BCUT2D eigenvalue weighted by molar-refractivity contribution is 0.283. The van der Waals surface area contributed by atoms with Crippen LogP contribution in [0.3, 0.4) is 0 Å². The number of fused-ring (bicyclic) bond motifs is 1. The van der Waals surface area contributed by atoms with E-state index in [1.807, 2.05) is 24.3 Å². The van der Waals surface area contributed by atoms with Crippen LogP contribution in [0.4, 0.5) is 5.69 Å². The Morgan fingerprint density at radius 1 is 0.829 bits per heavy atom. The Labute approximate surface area is 208 Å². The third-order valence-corrected chi connectivity index (χ3v) is 6.72. The van der Waals surface area contributed by atoms with Crippen molar-refractivity contribution in [1.29, 1.82) is 0 Å². The van der Waals surface area contributed by atoms with Crippen molar-refractivity contribution in [3.63, 3.8) is 0 Å². The molecule has 5 heteroatoms. The van der Waals surface area contributed by atoms with Gasteiger partial charge in [-0.05, 0) is 46.6 Å². The maximum atomic E-state index is 11.6. The molecule has 0 bridgehead atoms. The third-order valence-electron chi connectivity index (χ3n) is 6.72. The lowest BCUT2D eigenvalue weighted by Crippen LogP contribution is -2.27. The van der Waals surface area contributed by atoms with Crippen LogP contribution >= 0.6 is 0 Å². The van der Waals surface area contributed by atoms with Gasteiger partial charge < -0.3 is 5.11 Å². The van der Waals surface area contributed by atoms with Crippen molar-refractivity contribution in [2.75, 3.05) is 0 Å². The summed E-state index contributed by atoms with van der Waals surface area (Å²) in [5.74, 6) is 0.167. The van der Waals surface area contributed by atoms with Gasteiger partial charge in [-0.25, -0.2) is 4.85 Å². The summed E-state index contributed by atoms with van der Waals surface area (Å²) in [4.78, 5) is 5.01. The van der Waals surface area contributed by atoms with Gasteiger partial charge in [0.2, 0.25) is 0 Å². The predicted molar refractivity (Wildman–Crippen MR) is 142 cm³/mol. The fraction of sp³-hybridized carbons (Fsp3) is 0.367. The van der Waals surface area contributed by atoms with E-state index in [4.69, 9.17) is 6.57 Å². The van der Waals surface area contributed by atoms with Crippen LogP contribution < -0.4 is 0 Å². The van der Waals surface area contributed by atoms with Gasteiger partial charge in [0.15, 0.2) is 5.69 Å². The number of aromatic nitrogens is 3. The minimum Gasteiger partial charge on any atom is -0.505 e. The molecule has 0 spiro atoms. The molecule has 0 atom stereocenters. The molecule has 180 valence electrons. The first-order valence-corrected chi connectivity index (χ1v) is 12.0. The molecule has 0 saturated heterocycles. The number of phenolic OH excluding ortho intramolecular Hbond substituents is 1. The summed E-state index contributed by atoms with van der Waals surface area (Å²) in [7, 11) is 0. The van der Waals surface area contributed by atoms with Crippen molar-refractivity contribution in [3.05, 3.63) is 88.8 Å². The Bertz CT molecular complexity index is 1420. The van der Waals surface area contributed by atoms with Gasteiger partial charge in [-0.2, -0.15) is 0 Å². The highest BCUT2D eigenvalue weighted by molar-refractivity contribution is 5.79. The largest absolute Gasteiger partial charge is 0.505 e. The van der Waals surface area contributed by atoms with Crippen molar-refractivity contribution in [3.8, 4) is 11.4 Å². The topological polar surface area (TPSA) is 55.3 Å². The first-order chi connectivity index (χ1) is 16.3. The average Bonchev–Trinajstić information content (AvgIpc) is 3.21. The first kappa shape index (κ1) is 24.5. The van der Waals surface area contributed by atoms with Crippen molar-refractivity contribution < 1.29 is 5.11 Å². The van der Waals surface area contributed by atoms with Gasteiger partial charge in [0, 0.05) is 11.0 Å². The number of hydrogen-bond donors (Lipinski definition) is 1. The molecule has 0 aliphatic rings. The number of benzene rings is 3. The van der Waals surface area contributed by atoms with Crippen LogP contribution in [0.1, 0.15) is 71.6 Å². The molecule has 1 heterocycles. The Kier molecular flexibility index (Phi) is 5.97. The van der Waals surface area contributed by atoms with Gasteiger partial charge in [-0.15, -0.1) is 15.0 Å². The molecular formula is C30H34N4O. The van der Waals surface area contributed by atoms with Crippen molar-refractivity contribution in [1.82, 2.24) is 15.0 Å². The molecule has 35 heavy (non-hydrogen) atoms. The van der Waals surface area contributed by atoms with Crippen LogP contribution in [0.25, 0.3) is 21.6 Å². The van der Waals surface area contributed by atoms with E-state index in [9.17, 15) is 5.11 Å². The number of nitrogens with zero attached hydrogens (tertiary/aromatic N) is 4. The van der Waals surface area contributed by atoms with Crippen LogP contribution in [0.15, 0.2) is 60.7 Å². The van der Waals surface area contributed by atoms with Gasteiger partial charge in [0.25, 0.3) is 0 Å². The van der Waals surface area contributed by atoms with E-state index in [-0.39, 0.29) is 16.6 Å². The highest BCUT2D eigenvalue weighted by Crippen LogP contribution is 2.44. The molecule has 0 aliphatic heterocycles. The van der Waals surface area contributed by atoms with E-state index in [1.165, 1.54) is 4.80 Å². The van der Waals surface area contributed by atoms with E-state index in [1.54, 1.807) is 18.2 Å². The van der Waals surface area contributed by atoms with Crippen LogP contribution in [-0.4, -0.2) is 20.1 Å². The van der Waals surface area contributed by atoms with E-state index >= 15 is 0 Å². The molecule has 0 amide bonds. The molecule has 1 aromatic heterocycles. The zero-order valence-electron chi connectivity index (χ0n) is 21.7. The number of phenols is 1. The van der Waals surface area contributed by atoms with Gasteiger partial charge in [-0.3, -0.25) is 0 Å².